The molecule has 0 aromatic carbocycles. The highest BCUT2D eigenvalue weighted by molar-refractivity contribution is 5.81. The minimum atomic E-state index is -0.173. The molecule has 0 amide bonds. The fraction of sp³-hybridized carbons (Fsp3) is 0.839. The van der Waals surface area contributed by atoms with Crippen LogP contribution in [0.3, 0.4) is 0 Å². The molecule has 0 aliphatic heterocycles. The van der Waals surface area contributed by atoms with E-state index in [4.69, 9.17) is 4.74 Å². The van der Waals surface area contributed by atoms with E-state index in [1.54, 1.807) is 17.7 Å². The molecule has 186 valence electrons. The third-order valence-electron chi connectivity index (χ3n) is 10.8. The number of hydrogen-bond donors (Lipinski definition) is 0. The summed E-state index contributed by atoms with van der Waals surface area (Å²) < 4.78 is 5.77. The molecular weight excluding hydrogens is 404 g/mol. The molecule has 0 bridgehead atoms. The average Bonchev–Trinajstić information content (AvgIpc) is 3.11. The Kier molecular flexibility index (Phi) is 7.52. The van der Waals surface area contributed by atoms with Crippen molar-refractivity contribution in [3.63, 3.8) is 0 Å². The lowest BCUT2D eigenvalue weighted by molar-refractivity contribution is -0.145. The SMILES string of the molecule is C/C=C/C(=O)O[C@H]1CC[C@@]2(C)C(=CC[C@@H]3[C@H]4CC[C@@H]([C@H](C)CCCC(C)C)[C@]4(C)CC[C@H]32)C1. The van der Waals surface area contributed by atoms with E-state index in [0.717, 1.165) is 48.3 Å². The first-order chi connectivity index (χ1) is 15.7. The number of rotatable bonds is 7. The van der Waals surface area contributed by atoms with Crippen molar-refractivity contribution >= 4 is 5.97 Å². The van der Waals surface area contributed by atoms with Crippen LogP contribution in [0.2, 0.25) is 0 Å². The predicted molar refractivity (Wildman–Crippen MR) is 138 cm³/mol. The Hall–Kier alpha value is -1.05. The molecule has 2 nitrogen and oxygen atoms in total. The van der Waals surface area contributed by atoms with Crippen LogP contribution in [0.15, 0.2) is 23.8 Å². The van der Waals surface area contributed by atoms with Gasteiger partial charge in [-0.1, -0.05) is 71.6 Å². The lowest BCUT2D eigenvalue weighted by atomic mass is 9.47. The van der Waals surface area contributed by atoms with E-state index in [1.165, 1.54) is 57.8 Å². The fourth-order valence-electron chi connectivity index (χ4n) is 9.09. The van der Waals surface area contributed by atoms with Crippen LogP contribution in [0, 0.1) is 46.3 Å². The van der Waals surface area contributed by atoms with E-state index in [2.05, 4.69) is 40.7 Å². The molecule has 0 heterocycles. The Morgan fingerprint density at radius 1 is 1.09 bits per heavy atom. The van der Waals surface area contributed by atoms with Crippen LogP contribution in [-0.4, -0.2) is 12.1 Å². The molecule has 4 rings (SSSR count). The van der Waals surface area contributed by atoms with Crippen molar-refractivity contribution in [1.29, 1.82) is 0 Å². The minimum Gasteiger partial charge on any atom is -0.459 e. The summed E-state index contributed by atoms with van der Waals surface area (Å²) in [6.07, 6.45) is 20.4. The molecule has 33 heavy (non-hydrogen) atoms. The second-order valence-electron chi connectivity index (χ2n) is 13.1. The van der Waals surface area contributed by atoms with E-state index in [9.17, 15) is 4.79 Å². The van der Waals surface area contributed by atoms with Crippen molar-refractivity contribution in [3.05, 3.63) is 23.8 Å². The summed E-state index contributed by atoms with van der Waals surface area (Å²) in [5.41, 5.74) is 2.49. The van der Waals surface area contributed by atoms with Crippen LogP contribution >= 0.6 is 0 Å². The fourth-order valence-corrected chi connectivity index (χ4v) is 9.09. The zero-order valence-electron chi connectivity index (χ0n) is 22.4. The zero-order chi connectivity index (χ0) is 23.8. The summed E-state index contributed by atoms with van der Waals surface area (Å²) in [6.45, 7) is 14.4. The van der Waals surface area contributed by atoms with Crippen LogP contribution in [0.1, 0.15) is 112 Å². The maximum atomic E-state index is 12.0. The normalized spacial score (nSPS) is 41.3. The molecule has 0 spiro atoms. The second-order valence-corrected chi connectivity index (χ2v) is 13.1. The number of allylic oxidation sites excluding steroid dienone is 2. The molecule has 0 radical (unpaired) electrons. The van der Waals surface area contributed by atoms with Crippen LogP contribution in [-0.2, 0) is 9.53 Å². The Balaban J connectivity index is 1.44. The molecule has 8 atom stereocenters. The van der Waals surface area contributed by atoms with Crippen LogP contribution in [0.25, 0.3) is 0 Å². The van der Waals surface area contributed by atoms with E-state index >= 15 is 0 Å². The van der Waals surface area contributed by atoms with E-state index in [-0.39, 0.29) is 12.1 Å². The summed E-state index contributed by atoms with van der Waals surface area (Å²) in [4.78, 5) is 12.0. The molecule has 0 unspecified atom stereocenters. The van der Waals surface area contributed by atoms with Gasteiger partial charge in [0.15, 0.2) is 0 Å². The van der Waals surface area contributed by atoms with Crippen molar-refractivity contribution in [2.24, 2.45) is 46.3 Å². The van der Waals surface area contributed by atoms with Gasteiger partial charge in [0.05, 0.1) is 0 Å². The van der Waals surface area contributed by atoms with Gasteiger partial charge in [-0.25, -0.2) is 4.79 Å². The molecule has 0 saturated heterocycles. The van der Waals surface area contributed by atoms with Crippen LogP contribution < -0.4 is 0 Å². The number of carbonyl (C=O) groups excluding carboxylic acids is 1. The van der Waals surface area contributed by atoms with Crippen LogP contribution in [0.5, 0.6) is 0 Å². The second kappa shape index (κ2) is 9.90. The van der Waals surface area contributed by atoms with Gasteiger partial charge in [0.25, 0.3) is 0 Å². The lowest BCUT2D eigenvalue weighted by Crippen LogP contribution is -2.51. The van der Waals surface area contributed by atoms with Crippen molar-refractivity contribution in [3.8, 4) is 0 Å². The van der Waals surface area contributed by atoms with E-state index in [0.29, 0.717) is 10.8 Å². The first kappa shape index (κ1) is 25.1. The van der Waals surface area contributed by atoms with Crippen molar-refractivity contribution < 1.29 is 9.53 Å². The average molecular weight is 455 g/mol. The Labute approximate surface area is 204 Å². The van der Waals surface area contributed by atoms with Gasteiger partial charge in [-0.05, 0) is 98.2 Å². The summed E-state index contributed by atoms with van der Waals surface area (Å²) in [5.74, 6) is 5.08. The zero-order valence-corrected chi connectivity index (χ0v) is 22.4. The van der Waals surface area contributed by atoms with Crippen LogP contribution in [0.4, 0.5) is 0 Å². The van der Waals surface area contributed by atoms with Gasteiger partial charge in [0.1, 0.15) is 6.10 Å². The highest BCUT2D eigenvalue weighted by atomic mass is 16.5. The van der Waals surface area contributed by atoms with Gasteiger partial charge in [-0.3, -0.25) is 0 Å². The smallest absolute Gasteiger partial charge is 0.330 e. The first-order valence-electron chi connectivity index (χ1n) is 14.2. The molecule has 4 aliphatic rings. The summed E-state index contributed by atoms with van der Waals surface area (Å²) >= 11 is 0. The number of fused-ring (bicyclic) bond motifs is 5. The Morgan fingerprint density at radius 2 is 1.88 bits per heavy atom. The summed E-state index contributed by atoms with van der Waals surface area (Å²) in [6, 6.07) is 0. The minimum absolute atomic E-state index is 0.0704. The topological polar surface area (TPSA) is 26.3 Å². The summed E-state index contributed by atoms with van der Waals surface area (Å²) in [5, 5.41) is 0. The molecule has 0 aromatic rings. The van der Waals surface area contributed by atoms with Crippen molar-refractivity contribution in [2.45, 2.75) is 118 Å². The van der Waals surface area contributed by atoms with Crippen molar-refractivity contribution in [2.75, 3.05) is 0 Å². The maximum Gasteiger partial charge on any atom is 0.330 e. The van der Waals surface area contributed by atoms with Gasteiger partial charge >= 0.3 is 5.97 Å². The molecule has 0 N–H and O–H groups in total. The molecule has 2 heteroatoms. The van der Waals surface area contributed by atoms with Gasteiger partial charge in [0, 0.05) is 12.5 Å². The third kappa shape index (κ3) is 4.74. The number of hydrogen-bond acceptors (Lipinski definition) is 2. The van der Waals surface area contributed by atoms with E-state index in [1.807, 2.05) is 6.92 Å². The van der Waals surface area contributed by atoms with Gasteiger partial charge < -0.3 is 4.74 Å². The number of carbonyl (C=O) groups is 1. The van der Waals surface area contributed by atoms with E-state index < -0.39 is 0 Å². The molecule has 3 fully saturated rings. The number of esters is 1. The predicted octanol–water partition coefficient (Wildman–Crippen LogP) is 8.52. The van der Waals surface area contributed by atoms with Gasteiger partial charge in [0.2, 0.25) is 0 Å². The number of ether oxygens (including phenoxy) is 1. The Morgan fingerprint density at radius 3 is 2.61 bits per heavy atom. The third-order valence-corrected chi connectivity index (χ3v) is 10.8. The lowest BCUT2D eigenvalue weighted by Gasteiger charge is -2.58. The summed E-state index contributed by atoms with van der Waals surface area (Å²) in [7, 11) is 0. The highest BCUT2D eigenvalue weighted by Crippen LogP contribution is 2.67. The maximum absolute atomic E-state index is 12.0. The standard InChI is InChI=1S/C31H50O2/c1-7-9-29(32)33-24-16-18-30(5)23(20-24)12-13-25-27-15-14-26(22(4)11-8-10-21(2)3)31(27,6)19-17-28(25)30/h7,9,12,21-22,24-28H,8,10-11,13-20H2,1-6H3/b9-7+/t22-,24+,25-,26+,27-,28-,30+,31+/m1/s1. The monoisotopic (exact) mass is 454 g/mol. The Bertz CT molecular complexity index is 763. The molecule has 4 aliphatic carbocycles. The quantitative estimate of drug-likeness (QED) is 0.219. The molecule has 0 aromatic heterocycles. The molecular formula is C31H50O2. The largest absolute Gasteiger partial charge is 0.459 e. The van der Waals surface area contributed by atoms with Gasteiger partial charge in [-0.15, -0.1) is 0 Å². The highest BCUT2D eigenvalue weighted by Gasteiger charge is 2.59. The van der Waals surface area contributed by atoms with Gasteiger partial charge in [-0.2, -0.15) is 0 Å². The van der Waals surface area contributed by atoms with Crippen molar-refractivity contribution in [1.82, 2.24) is 0 Å². The first-order valence-corrected chi connectivity index (χ1v) is 14.2. The molecule has 3 saturated carbocycles.